The molecule has 0 radical (unpaired) electrons. The summed E-state index contributed by atoms with van der Waals surface area (Å²) in [5.41, 5.74) is 0. The Balaban J connectivity index is 1.90. The maximum Gasteiger partial charge on any atom is 0.161 e. The molecule has 2 fully saturated rings. The van der Waals surface area contributed by atoms with Gasteiger partial charge >= 0.3 is 0 Å². The summed E-state index contributed by atoms with van der Waals surface area (Å²) in [6, 6.07) is 0. The first-order chi connectivity index (χ1) is 8.00. The molecule has 17 heavy (non-hydrogen) atoms. The quantitative estimate of drug-likeness (QED) is 0.741. The van der Waals surface area contributed by atoms with E-state index >= 15 is 0 Å². The molecular weight excluding hydrogens is 224 g/mol. The van der Waals surface area contributed by atoms with Gasteiger partial charge in [-0.3, -0.25) is 0 Å². The third-order valence-corrected chi connectivity index (χ3v) is 3.77. The highest BCUT2D eigenvalue weighted by Crippen LogP contribution is 2.29. The van der Waals surface area contributed by atoms with Gasteiger partial charge in [0.15, 0.2) is 6.29 Å². The zero-order valence-electron chi connectivity index (χ0n) is 10.6. The first-order valence-corrected chi connectivity index (χ1v) is 6.25. The third kappa shape index (κ3) is 2.63. The molecule has 0 spiro atoms. The first-order valence-electron chi connectivity index (χ1n) is 6.25. The first kappa shape index (κ1) is 13.2. The smallest absolute Gasteiger partial charge is 0.161 e. The fraction of sp³-hybridized carbons (Fsp3) is 1.00. The molecule has 5 unspecified atom stereocenters. The van der Waals surface area contributed by atoms with Crippen LogP contribution >= 0.6 is 0 Å². The lowest BCUT2D eigenvalue weighted by atomic mass is 9.98. The van der Waals surface area contributed by atoms with Gasteiger partial charge in [0.25, 0.3) is 0 Å². The highest BCUT2D eigenvalue weighted by molar-refractivity contribution is 4.90. The van der Waals surface area contributed by atoms with Crippen molar-refractivity contribution in [3.8, 4) is 0 Å². The third-order valence-electron chi connectivity index (χ3n) is 3.77. The summed E-state index contributed by atoms with van der Waals surface area (Å²) in [6.45, 7) is 6.90. The van der Waals surface area contributed by atoms with Crippen LogP contribution in [0.3, 0.4) is 0 Å². The summed E-state index contributed by atoms with van der Waals surface area (Å²) in [7, 11) is 0. The maximum absolute atomic E-state index is 9.74. The summed E-state index contributed by atoms with van der Waals surface area (Å²) in [6.07, 6.45) is -2.70. The Hall–Kier alpha value is -0.200. The van der Waals surface area contributed by atoms with Crippen LogP contribution in [-0.4, -0.2) is 54.1 Å². The van der Waals surface area contributed by atoms with Gasteiger partial charge in [-0.05, 0) is 5.92 Å². The maximum atomic E-state index is 9.74. The zero-order valence-corrected chi connectivity index (χ0v) is 10.6. The minimum Gasteiger partial charge on any atom is -0.388 e. The van der Waals surface area contributed by atoms with Crippen LogP contribution in [0.5, 0.6) is 0 Å². The lowest BCUT2D eigenvalue weighted by molar-refractivity contribution is -0.128. The van der Waals surface area contributed by atoms with E-state index < -0.39 is 18.3 Å². The molecule has 5 heteroatoms. The van der Waals surface area contributed by atoms with E-state index in [0.717, 1.165) is 0 Å². The molecule has 2 saturated heterocycles. The summed E-state index contributed by atoms with van der Waals surface area (Å²) in [5.74, 6) is 0.766. The highest BCUT2D eigenvalue weighted by atomic mass is 16.7. The van der Waals surface area contributed by atoms with Gasteiger partial charge in [-0.15, -0.1) is 0 Å². The summed E-state index contributed by atoms with van der Waals surface area (Å²) in [4.78, 5) is 0. The van der Waals surface area contributed by atoms with E-state index in [0.29, 0.717) is 18.4 Å². The van der Waals surface area contributed by atoms with E-state index in [2.05, 4.69) is 20.8 Å². The lowest BCUT2D eigenvalue weighted by Crippen LogP contribution is -2.40. The van der Waals surface area contributed by atoms with Crippen molar-refractivity contribution in [1.29, 1.82) is 0 Å². The number of rotatable bonds is 3. The van der Waals surface area contributed by atoms with Gasteiger partial charge in [-0.1, -0.05) is 20.8 Å². The summed E-state index contributed by atoms with van der Waals surface area (Å²) >= 11 is 0. The van der Waals surface area contributed by atoms with Gasteiger partial charge in [-0.2, -0.15) is 0 Å². The number of aliphatic hydroxyl groups is 2. The van der Waals surface area contributed by atoms with Gasteiger partial charge < -0.3 is 24.4 Å². The number of hydrogen-bond donors (Lipinski definition) is 2. The largest absolute Gasteiger partial charge is 0.388 e. The molecule has 2 aliphatic rings. The molecule has 2 aliphatic heterocycles. The van der Waals surface area contributed by atoms with Gasteiger partial charge in [0.2, 0.25) is 0 Å². The van der Waals surface area contributed by atoms with Crippen molar-refractivity contribution in [1.82, 2.24) is 0 Å². The topological polar surface area (TPSA) is 68.2 Å². The molecule has 0 aromatic rings. The summed E-state index contributed by atoms with van der Waals surface area (Å²) < 4.78 is 16.7. The van der Waals surface area contributed by atoms with Gasteiger partial charge in [0, 0.05) is 5.92 Å². The minimum atomic E-state index is -0.878. The van der Waals surface area contributed by atoms with Gasteiger partial charge in [0.1, 0.15) is 24.4 Å². The molecular formula is C12H22O5. The number of ether oxygens (including phenoxy) is 3. The Morgan fingerprint density at radius 2 is 1.76 bits per heavy atom. The molecule has 6 atom stereocenters. The van der Waals surface area contributed by atoms with Crippen molar-refractivity contribution >= 4 is 0 Å². The van der Waals surface area contributed by atoms with Crippen LogP contribution in [0.1, 0.15) is 20.8 Å². The molecule has 0 saturated carbocycles. The van der Waals surface area contributed by atoms with Crippen molar-refractivity contribution in [2.24, 2.45) is 11.8 Å². The molecule has 100 valence electrons. The molecule has 0 aromatic carbocycles. The monoisotopic (exact) mass is 246 g/mol. The van der Waals surface area contributed by atoms with Crippen LogP contribution in [0.4, 0.5) is 0 Å². The predicted octanol–water partition coefficient (Wildman–Crippen LogP) is 0.141. The highest BCUT2D eigenvalue weighted by Gasteiger charge is 2.45. The average molecular weight is 246 g/mol. The molecule has 2 heterocycles. The van der Waals surface area contributed by atoms with Crippen molar-refractivity contribution in [3.05, 3.63) is 0 Å². The Morgan fingerprint density at radius 1 is 1.06 bits per heavy atom. The van der Waals surface area contributed by atoms with Crippen molar-refractivity contribution in [2.75, 3.05) is 13.2 Å². The second kappa shape index (κ2) is 5.20. The lowest BCUT2D eigenvalue weighted by Gasteiger charge is -2.24. The van der Waals surface area contributed by atoms with Crippen LogP contribution in [0.15, 0.2) is 0 Å². The number of aliphatic hydroxyl groups excluding tert-OH is 2. The standard InChI is InChI=1S/C12H22O5/c1-6(2)7(3)12-16-5-9(17-12)11-10(14)8(13)4-15-11/h6-14H,4-5H2,1-3H3/t7?,8?,9?,10?,11-,12?/m1/s1. The Labute approximate surface area is 102 Å². The van der Waals surface area contributed by atoms with E-state index in [9.17, 15) is 10.2 Å². The normalized spacial score (nSPS) is 44.5. The van der Waals surface area contributed by atoms with Gasteiger partial charge in [-0.25, -0.2) is 0 Å². The Morgan fingerprint density at radius 3 is 2.29 bits per heavy atom. The second-order valence-corrected chi connectivity index (χ2v) is 5.34. The van der Waals surface area contributed by atoms with Crippen LogP contribution in [-0.2, 0) is 14.2 Å². The van der Waals surface area contributed by atoms with Crippen LogP contribution < -0.4 is 0 Å². The zero-order chi connectivity index (χ0) is 12.6. The van der Waals surface area contributed by atoms with Crippen LogP contribution in [0.25, 0.3) is 0 Å². The Kier molecular flexibility index (Phi) is 4.05. The van der Waals surface area contributed by atoms with Gasteiger partial charge in [0.05, 0.1) is 13.2 Å². The van der Waals surface area contributed by atoms with E-state index in [1.165, 1.54) is 0 Å². The molecule has 5 nitrogen and oxygen atoms in total. The fourth-order valence-electron chi connectivity index (χ4n) is 2.16. The Bertz CT molecular complexity index is 257. The molecule has 2 N–H and O–H groups in total. The minimum absolute atomic E-state index is 0.163. The van der Waals surface area contributed by atoms with Crippen molar-refractivity contribution in [2.45, 2.75) is 51.5 Å². The van der Waals surface area contributed by atoms with Crippen LogP contribution in [0, 0.1) is 11.8 Å². The molecule has 0 aliphatic carbocycles. The second-order valence-electron chi connectivity index (χ2n) is 5.34. The van der Waals surface area contributed by atoms with Crippen molar-refractivity contribution in [3.63, 3.8) is 0 Å². The summed E-state index contributed by atoms with van der Waals surface area (Å²) in [5, 5.41) is 19.2. The van der Waals surface area contributed by atoms with E-state index in [4.69, 9.17) is 14.2 Å². The van der Waals surface area contributed by atoms with E-state index in [1.54, 1.807) is 0 Å². The molecule has 0 bridgehead atoms. The van der Waals surface area contributed by atoms with E-state index in [-0.39, 0.29) is 19.0 Å². The SMILES string of the molecule is CC(C)C(C)C1OCC([C@H]2OCC(O)C2O)O1. The van der Waals surface area contributed by atoms with Crippen LogP contribution in [0.2, 0.25) is 0 Å². The predicted molar refractivity (Wildman–Crippen MR) is 60.4 cm³/mol. The molecule has 2 rings (SSSR count). The average Bonchev–Trinajstić information content (AvgIpc) is 2.87. The molecule has 0 amide bonds. The molecule has 0 aromatic heterocycles. The van der Waals surface area contributed by atoms with Crippen molar-refractivity contribution < 1.29 is 24.4 Å². The van der Waals surface area contributed by atoms with E-state index in [1.807, 2.05) is 0 Å². The fourth-order valence-corrected chi connectivity index (χ4v) is 2.16. The number of hydrogen-bond acceptors (Lipinski definition) is 5.